The van der Waals surface area contributed by atoms with Gasteiger partial charge in [0.1, 0.15) is 4.64 Å². The Morgan fingerprint density at radius 1 is 0.604 bits per heavy atom. The monoisotopic (exact) mass is 682 g/mol. The number of hydrogen-bond acceptors (Lipinski definition) is 4. The van der Waals surface area contributed by atoms with Gasteiger partial charge in [0.15, 0.2) is 5.65 Å². The van der Waals surface area contributed by atoms with Gasteiger partial charge < -0.3 is 0 Å². The minimum Gasteiger partial charge on any atom is -0.273 e. The van der Waals surface area contributed by atoms with Gasteiger partial charge in [-0.15, -0.1) is 0 Å². The number of pyridine rings is 2. The number of rotatable bonds is 30. The summed E-state index contributed by atoms with van der Waals surface area (Å²) in [5.41, 5.74) is 1.54. The fourth-order valence-electron chi connectivity index (χ4n) is 6.78. The molecular formula is C42H71N3O2S. The summed E-state index contributed by atoms with van der Waals surface area (Å²) in [5, 5.41) is 2.26. The molecule has 272 valence electrons. The lowest BCUT2D eigenvalue weighted by Crippen LogP contribution is -2.46. The maximum absolute atomic E-state index is 13.8. The van der Waals surface area contributed by atoms with E-state index < -0.39 is 0 Å². The first kappa shape index (κ1) is 42.1. The van der Waals surface area contributed by atoms with E-state index in [1.54, 1.807) is 10.9 Å². The zero-order chi connectivity index (χ0) is 34.7. The lowest BCUT2D eigenvalue weighted by molar-refractivity contribution is -0.129. The summed E-state index contributed by atoms with van der Waals surface area (Å²) in [6, 6.07) is 5.93. The topological polar surface area (TPSA) is 55.2 Å². The second kappa shape index (κ2) is 27.7. The van der Waals surface area contributed by atoms with Crippen LogP contribution in [0.25, 0.3) is 11.0 Å². The summed E-state index contributed by atoms with van der Waals surface area (Å²) in [7, 11) is 0. The molecule has 2 aromatic heterocycles. The molecule has 0 aliphatic heterocycles. The Morgan fingerprint density at radius 2 is 0.979 bits per heavy atom. The largest absolute Gasteiger partial charge is 0.273 e. The van der Waals surface area contributed by atoms with Gasteiger partial charge in [-0.3, -0.25) is 9.59 Å². The number of amides is 2. The molecule has 0 fully saturated rings. The van der Waals surface area contributed by atoms with Gasteiger partial charge in [-0.1, -0.05) is 187 Å². The van der Waals surface area contributed by atoms with Crippen LogP contribution in [-0.2, 0) is 16.0 Å². The fraction of sp³-hybridized carbons (Fsp3) is 0.762. The highest BCUT2D eigenvalue weighted by atomic mass is 32.1. The first-order valence-corrected chi connectivity index (χ1v) is 20.8. The number of unbranched alkanes of at least 4 members (excludes halogenated alkanes) is 24. The number of carbonyl (C=O) groups excluding carboxylic acids is 2. The number of fused-ring (bicyclic) bond motifs is 1. The molecule has 0 unspecified atom stereocenters. The highest BCUT2D eigenvalue weighted by Crippen LogP contribution is 2.21. The standard InChI is InChI=1S/C42H71N3O2S/c1-4-7-9-11-13-15-17-19-21-23-25-27-29-33-39(46)44(45-41-38(32-31-35-43-41)36-37(6-3)42(45)48)40(47)34-30-28-26-24-22-20-18-16-14-12-10-8-5-2/h31-32,35-36H,4-30,33-34H2,1-3H3. The maximum Gasteiger partial charge on any atom is 0.248 e. The van der Waals surface area contributed by atoms with E-state index in [1.807, 2.05) is 18.2 Å². The van der Waals surface area contributed by atoms with Crippen LogP contribution in [0.5, 0.6) is 0 Å². The average molecular weight is 682 g/mol. The summed E-state index contributed by atoms with van der Waals surface area (Å²) in [4.78, 5) is 32.2. The molecule has 0 bridgehead atoms. The van der Waals surface area contributed by atoms with Crippen LogP contribution in [0.1, 0.15) is 206 Å². The van der Waals surface area contributed by atoms with E-state index >= 15 is 0 Å². The van der Waals surface area contributed by atoms with Gasteiger partial charge in [0.05, 0.1) is 0 Å². The van der Waals surface area contributed by atoms with Crippen LogP contribution in [0.15, 0.2) is 24.4 Å². The first-order valence-electron chi connectivity index (χ1n) is 20.4. The molecule has 5 nitrogen and oxygen atoms in total. The van der Waals surface area contributed by atoms with Crippen LogP contribution >= 0.6 is 12.2 Å². The van der Waals surface area contributed by atoms with Gasteiger partial charge in [0.2, 0.25) is 11.8 Å². The number of aryl methyl sites for hydroxylation is 1. The van der Waals surface area contributed by atoms with E-state index in [0.29, 0.717) is 23.1 Å². The van der Waals surface area contributed by atoms with Gasteiger partial charge in [0, 0.05) is 24.4 Å². The highest BCUT2D eigenvalue weighted by Gasteiger charge is 2.25. The smallest absolute Gasteiger partial charge is 0.248 e. The predicted molar refractivity (Wildman–Crippen MR) is 209 cm³/mol. The van der Waals surface area contributed by atoms with E-state index in [9.17, 15) is 9.59 Å². The molecule has 0 aliphatic rings. The van der Waals surface area contributed by atoms with Crippen LogP contribution in [0.3, 0.4) is 0 Å². The number of nitrogens with zero attached hydrogens (tertiary/aromatic N) is 3. The number of hydrogen-bond donors (Lipinski definition) is 0. The number of carbonyl (C=O) groups is 2. The van der Waals surface area contributed by atoms with Gasteiger partial charge in [-0.25, -0.2) is 9.66 Å². The molecule has 6 heteroatoms. The van der Waals surface area contributed by atoms with Crippen LogP contribution in [0.2, 0.25) is 0 Å². The Kier molecular flexibility index (Phi) is 24.3. The normalized spacial score (nSPS) is 11.4. The van der Waals surface area contributed by atoms with Crippen LogP contribution < -0.4 is 5.01 Å². The van der Waals surface area contributed by atoms with Crippen molar-refractivity contribution in [3.05, 3.63) is 34.6 Å². The average Bonchev–Trinajstić information content (AvgIpc) is 3.09. The number of aromatic nitrogens is 2. The highest BCUT2D eigenvalue weighted by molar-refractivity contribution is 7.71. The maximum atomic E-state index is 13.8. The molecule has 0 atom stereocenters. The van der Waals surface area contributed by atoms with Gasteiger partial charge in [-0.2, -0.15) is 5.01 Å². The molecule has 0 radical (unpaired) electrons. The van der Waals surface area contributed by atoms with Crippen molar-refractivity contribution in [1.29, 1.82) is 0 Å². The minimum atomic E-state index is -0.158. The van der Waals surface area contributed by atoms with E-state index in [2.05, 4.69) is 25.8 Å². The lowest BCUT2D eigenvalue weighted by atomic mass is 10.0. The Morgan fingerprint density at radius 3 is 1.35 bits per heavy atom. The van der Waals surface area contributed by atoms with Crippen molar-refractivity contribution in [2.24, 2.45) is 0 Å². The Hall–Kier alpha value is -2.08. The molecule has 48 heavy (non-hydrogen) atoms. The quantitative estimate of drug-likeness (QED) is 0.0608. The molecule has 2 aromatic rings. The van der Waals surface area contributed by atoms with E-state index in [0.717, 1.165) is 55.9 Å². The molecule has 0 aromatic carbocycles. The number of imide groups is 1. The molecule has 0 spiro atoms. The third-order valence-electron chi connectivity index (χ3n) is 9.86. The molecule has 0 aliphatic carbocycles. The van der Waals surface area contributed by atoms with E-state index in [4.69, 9.17) is 12.2 Å². The fourth-order valence-corrected chi connectivity index (χ4v) is 7.15. The molecule has 0 saturated carbocycles. The van der Waals surface area contributed by atoms with Gasteiger partial charge in [-0.05, 0) is 43.0 Å². The van der Waals surface area contributed by atoms with Crippen molar-refractivity contribution in [3.63, 3.8) is 0 Å². The molecule has 0 saturated heterocycles. The summed E-state index contributed by atoms with van der Waals surface area (Å²) in [5.74, 6) is -0.317. The van der Waals surface area contributed by atoms with Crippen molar-refractivity contribution in [3.8, 4) is 0 Å². The molecular weight excluding hydrogens is 611 g/mol. The zero-order valence-electron chi connectivity index (χ0n) is 31.4. The Bertz CT molecular complexity index is 1150. The second-order valence-corrected chi connectivity index (χ2v) is 14.5. The summed E-state index contributed by atoms with van der Waals surface area (Å²) >= 11 is 5.89. The van der Waals surface area contributed by atoms with Crippen molar-refractivity contribution < 1.29 is 9.59 Å². The molecule has 2 heterocycles. The second-order valence-electron chi connectivity index (χ2n) is 14.1. The Balaban J connectivity index is 1.85. The molecule has 2 amide bonds. The van der Waals surface area contributed by atoms with E-state index in [-0.39, 0.29) is 11.8 Å². The van der Waals surface area contributed by atoms with Crippen molar-refractivity contribution in [1.82, 2.24) is 9.66 Å². The van der Waals surface area contributed by atoms with Crippen LogP contribution in [-0.4, -0.2) is 21.5 Å². The van der Waals surface area contributed by atoms with Crippen LogP contribution in [0.4, 0.5) is 0 Å². The third kappa shape index (κ3) is 17.0. The summed E-state index contributed by atoms with van der Waals surface area (Å²) < 4.78 is 2.17. The van der Waals surface area contributed by atoms with E-state index in [1.165, 1.54) is 133 Å². The van der Waals surface area contributed by atoms with Crippen molar-refractivity contribution in [2.75, 3.05) is 5.01 Å². The molecule has 0 N–H and O–H groups in total. The first-order chi connectivity index (χ1) is 23.5. The minimum absolute atomic E-state index is 0.158. The lowest BCUT2D eigenvalue weighted by Gasteiger charge is -2.26. The van der Waals surface area contributed by atoms with Crippen molar-refractivity contribution in [2.45, 2.75) is 207 Å². The predicted octanol–water partition coefficient (Wildman–Crippen LogP) is 13.3. The summed E-state index contributed by atoms with van der Waals surface area (Å²) in [6.45, 7) is 6.60. The zero-order valence-corrected chi connectivity index (χ0v) is 32.2. The SMILES string of the molecule is CCCCCCCCCCCCCCCC(=O)N(C(=O)CCCCCCCCCCCCCCC)n1c(=S)c(CC)cc2cccnc21. The summed E-state index contributed by atoms with van der Waals surface area (Å²) in [6.07, 6.45) is 35.9. The Labute approximate surface area is 300 Å². The van der Waals surface area contributed by atoms with Gasteiger partial charge >= 0.3 is 0 Å². The van der Waals surface area contributed by atoms with Crippen molar-refractivity contribution >= 4 is 35.1 Å². The molecule has 2 rings (SSSR count). The third-order valence-corrected chi connectivity index (χ3v) is 10.3. The van der Waals surface area contributed by atoms with Crippen LogP contribution in [0, 0.1) is 4.64 Å². The van der Waals surface area contributed by atoms with Gasteiger partial charge in [0.25, 0.3) is 0 Å².